The predicted molar refractivity (Wildman–Crippen MR) is 101 cm³/mol. The van der Waals surface area contributed by atoms with Crippen molar-refractivity contribution in [2.24, 2.45) is 0 Å². The minimum atomic E-state index is -0.352. The Hall–Kier alpha value is -1.38. The summed E-state index contributed by atoms with van der Waals surface area (Å²) in [7, 11) is 1.60. The maximum absolute atomic E-state index is 12.2. The third kappa shape index (κ3) is 4.56. The van der Waals surface area contributed by atoms with E-state index in [2.05, 4.69) is 33.2 Å². The van der Waals surface area contributed by atoms with Crippen molar-refractivity contribution < 1.29 is 9.53 Å². The fourth-order valence-electron chi connectivity index (χ4n) is 1.68. The number of benzene rings is 2. The number of rotatable bonds is 3. The van der Waals surface area contributed by atoms with Gasteiger partial charge in [0.15, 0.2) is 5.11 Å². The van der Waals surface area contributed by atoms with Gasteiger partial charge in [-0.05, 0) is 77.3 Å². The molecule has 114 valence electrons. The van der Waals surface area contributed by atoms with Gasteiger partial charge in [0.25, 0.3) is 5.91 Å². The monoisotopic (exact) mass is 446 g/mol. The third-order valence-corrected chi connectivity index (χ3v) is 3.95. The van der Waals surface area contributed by atoms with Crippen molar-refractivity contribution in [1.82, 2.24) is 5.32 Å². The van der Waals surface area contributed by atoms with E-state index in [9.17, 15) is 4.79 Å². The standard InChI is InChI=1S/C15H12ClIN2O2S/c1-21-11-5-3-10(4-6-11)18-15(22)19-14(20)12-8-9(17)2-7-13(12)16/h2-8H,1H3,(H2,18,19,20,22). The lowest BCUT2D eigenvalue weighted by Gasteiger charge is -2.11. The van der Waals surface area contributed by atoms with E-state index in [4.69, 9.17) is 28.6 Å². The second kappa shape index (κ2) is 7.75. The first-order valence-electron chi connectivity index (χ1n) is 6.21. The summed E-state index contributed by atoms with van der Waals surface area (Å²) < 4.78 is 5.99. The van der Waals surface area contributed by atoms with Crippen molar-refractivity contribution in [2.45, 2.75) is 0 Å². The fraction of sp³-hybridized carbons (Fsp3) is 0.0667. The van der Waals surface area contributed by atoms with E-state index in [1.54, 1.807) is 43.5 Å². The maximum Gasteiger partial charge on any atom is 0.258 e. The zero-order chi connectivity index (χ0) is 16.1. The molecule has 2 aromatic rings. The molecule has 22 heavy (non-hydrogen) atoms. The van der Waals surface area contributed by atoms with Crippen LogP contribution in [0.2, 0.25) is 5.02 Å². The number of amides is 1. The Morgan fingerprint density at radius 3 is 2.55 bits per heavy atom. The highest BCUT2D eigenvalue weighted by Gasteiger charge is 2.12. The second-order valence-corrected chi connectivity index (χ2v) is 6.32. The topological polar surface area (TPSA) is 50.4 Å². The van der Waals surface area contributed by atoms with Crippen LogP contribution in [0.4, 0.5) is 5.69 Å². The van der Waals surface area contributed by atoms with Crippen LogP contribution < -0.4 is 15.4 Å². The third-order valence-electron chi connectivity index (χ3n) is 2.75. The normalized spacial score (nSPS) is 9.95. The molecule has 0 atom stereocenters. The molecule has 0 saturated heterocycles. The molecule has 0 aliphatic heterocycles. The quantitative estimate of drug-likeness (QED) is 0.551. The minimum Gasteiger partial charge on any atom is -0.497 e. The molecule has 0 saturated carbocycles. The van der Waals surface area contributed by atoms with Gasteiger partial charge in [-0.1, -0.05) is 11.6 Å². The molecule has 1 amide bonds. The molecule has 2 rings (SSSR count). The summed E-state index contributed by atoms with van der Waals surface area (Å²) in [5, 5.41) is 6.11. The Bertz CT molecular complexity index is 707. The fourth-order valence-corrected chi connectivity index (χ4v) is 2.58. The van der Waals surface area contributed by atoms with Crippen molar-refractivity contribution in [1.29, 1.82) is 0 Å². The molecule has 0 bridgehead atoms. The lowest BCUT2D eigenvalue weighted by atomic mass is 10.2. The van der Waals surface area contributed by atoms with E-state index in [-0.39, 0.29) is 11.0 Å². The largest absolute Gasteiger partial charge is 0.497 e. The van der Waals surface area contributed by atoms with Gasteiger partial charge in [0, 0.05) is 9.26 Å². The number of anilines is 1. The highest BCUT2D eigenvalue weighted by atomic mass is 127. The van der Waals surface area contributed by atoms with Crippen LogP contribution >= 0.6 is 46.4 Å². The maximum atomic E-state index is 12.2. The molecule has 0 aliphatic carbocycles. The Labute approximate surface area is 152 Å². The number of halogens is 2. The number of thiocarbonyl (C=S) groups is 1. The highest BCUT2D eigenvalue weighted by molar-refractivity contribution is 14.1. The molecule has 0 unspecified atom stereocenters. The first-order chi connectivity index (χ1) is 10.5. The number of carbonyl (C=O) groups excluding carboxylic acids is 1. The van der Waals surface area contributed by atoms with Gasteiger partial charge in [0.05, 0.1) is 17.7 Å². The van der Waals surface area contributed by atoms with Crippen LogP contribution in [0.1, 0.15) is 10.4 Å². The number of ether oxygens (including phenoxy) is 1. The Morgan fingerprint density at radius 1 is 1.23 bits per heavy atom. The highest BCUT2D eigenvalue weighted by Crippen LogP contribution is 2.19. The summed E-state index contributed by atoms with van der Waals surface area (Å²) in [5.74, 6) is 0.390. The lowest BCUT2D eigenvalue weighted by Crippen LogP contribution is -2.34. The van der Waals surface area contributed by atoms with Crippen LogP contribution in [-0.2, 0) is 0 Å². The van der Waals surface area contributed by atoms with Crippen LogP contribution in [0.15, 0.2) is 42.5 Å². The van der Waals surface area contributed by atoms with Crippen LogP contribution in [0.25, 0.3) is 0 Å². The predicted octanol–water partition coefficient (Wildman–Crippen LogP) is 4.08. The van der Waals surface area contributed by atoms with Gasteiger partial charge in [0.1, 0.15) is 5.75 Å². The van der Waals surface area contributed by atoms with Gasteiger partial charge in [-0.3, -0.25) is 10.1 Å². The van der Waals surface area contributed by atoms with E-state index in [0.29, 0.717) is 10.6 Å². The van der Waals surface area contributed by atoms with Crippen molar-refractivity contribution in [2.75, 3.05) is 12.4 Å². The first kappa shape index (κ1) is 17.0. The average Bonchev–Trinajstić information content (AvgIpc) is 2.50. The Kier molecular flexibility index (Phi) is 5.98. The van der Waals surface area contributed by atoms with Crippen molar-refractivity contribution in [3.63, 3.8) is 0 Å². The van der Waals surface area contributed by atoms with Crippen molar-refractivity contribution in [3.05, 3.63) is 56.6 Å². The molecule has 0 heterocycles. The average molecular weight is 447 g/mol. The van der Waals surface area contributed by atoms with Gasteiger partial charge in [-0.2, -0.15) is 0 Å². The summed E-state index contributed by atoms with van der Waals surface area (Å²) in [6.45, 7) is 0. The summed E-state index contributed by atoms with van der Waals surface area (Å²) in [4.78, 5) is 12.2. The number of hydrogen-bond acceptors (Lipinski definition) is 3. The van der Waals surface area contributed by atoms with Crippen LogP contribution in [0.5, 0.6) is 5.75 Å². The molecule has 2 aromatic carbocycles. The number of carbonyl (C=O) groups is 1. The van der Waals surface area contributed by atoms with Crippen LogP contribution in [0, 0.1) is 3.57 Å². The lowest BCUT2D eigenvalue weighted by molar-refractivity contribution is 0.0978. The molecule has 0 aromatic heterocycles. The molecule has 0 aliphatic rings. The van der Waals surface area contributed by atoms with E-state index < -0.39 is 0 Å². The number of hydrogen-bond donors (Lipinski definition) is 2. The second-order valence-electron chi connectivity index (χ2n) is 4.26. The SMILES string of the molecule is COc1ccc(NC(=S)NC(=O)c2cc(I)ccc2Cl)cc1. The van der Waals surface area contributed by atoms with Crippen LogP contribution in [-0.4, -0.2) is 18.1 Å². The molecule has 0 spiro atoms. The van der Waals surface area contributed by atoms with Gasteiger partial charge in [-0.25, -0.2) is 0 Å². The summed E-state index contributed by atoms with van der Waals surface area (Å²) >= 11 is 13.3. The molecule has 0 radical (unpaired) electrons. The zero-order valence-electron chi connectivity index (χ0n) is 11.5. The molecular formula is C15H12ClIN2O2S. The Balaban J connectivity index is 2.01. The number of nitrogens with one attached hydrogen (secondary N) is 2. The molecular weight excluding hydrogens is 435 g/mol. The van der Waals surface area contributed by atoms with E-state index in [0.717, 1.165) is 15.0 Å². The smallest absolute Gasteiger partial charge is 0.258 e. The van der Waals surface area contributed by atoms with Gasteiger partial charge in [0.2, 0.25) is 0 Å². The first-order valence-corrected chi connectivity index (χ1v) is 8.07. The summed E-state index contributed by atoms with van der Waals surface area (Å²) in [6.07, 6.45) is 0. The van der Waals surface area contributed by atoms with Crippen molar-refractivity contribution in [3.8, 4) is 5.75 Å². The number of methoxy groups -OCH3 is 1. The van der Waals surface area contributed by atoms with Gasteiger partial charge in [-0.15, -0.1) is 0 Å². The molecule has 4 nitrogen and oxygen atoms in total. The van der Waals surface area contributed by atoms with Crippen molar-refractivity contribution >= 4 is 63.1 Å². The summed E-state index contributed by atoms with van der Waals surface area (Å²) in [6, 6.07) is 12.4. The zero-order valence-corrected chi connectivity index (χ0v) is 15.3. The van der Waals surface area contributed by atoms with Gasteiger partial charge >= 0.3 is 0 Å². The molecule has 7 heteroatoms. The van der Waals surface area contributed by atoms with E-state index >= 15 is 0 Å². The molecule has 2 N–H and O–H groups in total. The molecule has 0 fully saturated rings. The Morgan fingerprint density at radius 2 is 1.91 bits per heavy atom. The van der Waals surface area contributed by atoms with E-state index in [1.165, 1.54) is 0 Å². The summed E-state index contributed by atoms with van der Waals surface area (Å²) in [5.41, 5.74) is 1.13. The van der Waals surface area contributed by atoms with E-state index in [1.807, 2.05) is 6.07 Å². The van der Waals surface area contributed by atoms with Gasteiger partial charge < -0.3 is 10.1 Å². The van der Waals surface area contributed by atoms with Crippen LogP contribution in [0.3, 0.4) is 0 Å². The minimum absolute atomic E-state index is 0.199.